The Bertz CT molecular complexity index is 583. The first-order valence-corrected chi connectivity index (χ1v) is 7.71. The van der Waals surface area contributed by atoms with Gasteiger partial charge < -0.3 is 9.84 Å². The van der Waals surface area contributed by atoms with Crippen LogP contribution in [0.4, 0.5) is 26.3 Å². The van der Waals surface area contributed by atoms with Gasteiger partial charge in [0.05, 0.1) is 7.11 Å². The number of methoxy groups -OCH3 is 1. The Labute approximate surface area is 138 Å². The van der Waals surface area contributed by atoms with Gasteiger partial charge in [0.25, 0.3) is 5.60 Å². The highest BCUT2D eigenvalue weighted by atomic mass is 32.2. The topological polar surface area (TPSA) is 46.5 Å². The van der Waals surface area contributed by atoms with Crippen molar-refractivity contribution in [1.82, 2.24) is 0 Å². The number of hydrogen-bond donors (Lipinski definition) is 1. The van der Waals surface area contributed by atoms with E-state index >= 15 is 0 Å². The van der Waals surface area contributed by atoms with Crippen LogP contribution in [0.2, 0.25) is 0 Å². The summed E-state index contributed by atoms with van der Waals surface area (Å²) in [6.45, 7) is 0. The van der Waals surface area contributed by atoms with Crippen LogP contribution in [-0.2, 0) is 21.6 Å². The van der Waals surface area contributed by atoms with Crippen molar-refractivity contribution in [3.63, 3.8) is 0 Å². The number of rotatable bonds is 5. The standard InChI is InChI=1S/C14H14F6O3S/c1-23-11(21)6-4-8-3-5-9(7-10(8)24-2)12(22,13(15,16)17)14(18,19)20/h3,5,7,22H,4,6H2,1-2H3. The third-order valence-corrected chi connectivity index (χ3v) is 4.17. The van der Waals surface area contributed by atoms with E-state index in [4.69, 9.17) is 0 Å². The Morgan fingerprint density at radius 3 is 2.12 bits per heavy atom. The molecule has 0 aromatic heterocycles. The molecule has 3 nitrogen and oxygen atoms in total. The van der Waals surface area contributed by atoms with Gasteiger partial charge in [-0.15, -0.1) is 11.8 Å². The van der Waals surface area contributed by atoms with Crippen LogP contribution in [0.5, 0.6) is 0 Å². The van der Waals surface area contributed by atoms with Gasteiger partial charge in [-0.05, 0) is 24.3 Å². The van der Waals surface area contributed by atoms with Crippen LogP contribution in [0.15, 0.2) is 23.1 Å². The summed E-state index contributed by atoms with van der Waals surface area (Å²) >= 11 is 0.908. The van der Waals surface area contributed by atoms with E-state index in [0.717, 1.165) is 24.9 Å². The number of carbonyl (C=O) groups excluding carboxylic acids is 1. The number of carbonyl (C=O) groups is 1. The van der Waals surface area contributed by atoms with Gasteiger partial charge in [0.2, 0.25) is 0 Å². The Hall–Kier alpha value is -1.42. The van der Waals surface area contributed by atoms with Crippen LogP contribution in [0, 0.1) is 0 Å². The maximum absolute atomic E-state index is 12.9. The molecule has 0 spiro atoms. The molecule has 1 aromatic carbocycles. The van der Waals surface area contributed by atoms with Crippen molar-refractivity contribution in [3.05, 3.63) is 29.3 Å². The zero-order chi connectivity index (χ0) is 18.8. The largest absolute Gasteiger partial charge is 0.469 e. The SMILES string of the molecule is COC(=O)CCc1ccc(C(O)(C(F)(F)F)C(F)(F)F)cc1SC. The molecule has 0 bridgehead atoms. The zero-order valence-corrected chi connectivity index (χ0v) is 13.4. The monoisotopic (exact) mass is 376 g/mol. The van der Waals surface area contributed by atoms with E-state index in [1.165, 1.54) is 6.26 Å². The highest BCUT2D eigenvalue weighted by molar-refractivity contribution is 7.98. The first kappa shape index (κ1) is 20.6. The number of esters is 1. The van der Waals surface area contributed by atoms with E-state index in [2.05, 4.69) is 4.74 Å². The normalized spacial score (nSPS) is 13.0. The third-order valence-electron chi connectivity index (χ3n) is 3.35. The molecule has 0 heterocycles. The quantitative estimate of drug-likeness (QED) is 0.482. The second kappa shape index (κ2) is 7.22. The van der Waals surface area contributed by atoms with Gasteiger partial charge in [-0.3, -0.25) is 4.79 Å². The van der Waals surface area contributed by atoms with Gasteiger partial charge in [-0.1, -0.05) is 12.1 Å². The molecule has 1 rings (SSSR count). The fourth-order valence-corrected chi connectivity index (χ4v) is 2.68. The lowest BCUT2D eigenvalue weighted by atomic mass is 9.91. The summed E-state index contributed by atoms with van der Waals surface area (Å²) in [5.41, 5.74) is -5.91. The summed E-state index contributed by atoms with van der Waals surface area (Å²) in [6, 6.07) is 2.23. The molecule has 10 heteroatoms. The van der Waals surface area contributed by atoms with Gasteiger partial charge in [-0.2, -0.15) is 26.3 Å². The number of alkyl halides is 6. The van der Waals surface area contributed by atoms with Gasteiger partial charge >= 0.3 is 18.3 Å². The molecule has 0 aliphatic carbocycles. The highest BCUT2D eigenvalue weighted by Crippen LogP contribution is 2.50. The van der Waals surface area contributed by atoms with Crippen molar-refractivity contribution < 1.29 is 41.0 Å². The molecular weight excluding hydrogens is 362 g/mol. The van der Waals surface area contributed by atoms with Crippen LogP contribution < -0.4 is 0 Å². The highest BCUT2D eigenvalue weighted by Gasteiger charge is 2.71. The molecule has 0 aliphatic rings. The van der Waals surface area contributed by atoms with E-state index in [9.17, 15) is 36.2 Å². The second-order valence-electron chi connectivity index (χ2n) is 4.81. The van der Waals surface area contributed by atoms with Crippen LogP contribution in [-0.4, -0.2) is 36.8 Å². The number of aliphatic hydroxyl groups is 1. The number of aryl methyl sites for hydroxylation is 1. The molecule has 24 heavy (non-hydrogen) atoms. The van der Waals surface area contributed by atoms with Gasteiger partial charge in [0.15, 0.2) is 0 Å². The summed E-state index contributed by atoms with van der Waals surface area (Å²) in [4.78, 5) is 11.2. The lowest BCUT2D eigenvalue weighted by Gasteiger charge is -2.33. The summed E-state index contributed by atoms with van der Waals surface area (Å²) in [5, 5.41) is 9.39. The first-order valence-electron chi connectivity index (χ1n) is 6.48. The van der Waals surface area contributed by atoms with Crippen LogP contribution in [0.1, 0.15) is 17.5 Å². The molecule has 0 fully saturated rings. The summed E-state index contributed by atoms with van der Waals surface area (Å²) in [6.07, 6.45) is -10.4. The van der Waals surface area contributed by atoms with Gasteiger partial charge in [0.1, 0.15) is 0 Å². The van der Waals surface area contributed by atoms with E-state index in [1.807, 2.05) is 0 Å². The molecule has 0 saturated heterocycles. The Balaban J connectivity index is 3.33. The molecule has 1 aromatic rings. The van der Waals surface area contributed by atoms with Crippen LogP contribution in [0.25, 0.3) is 0 Å². The minimum absolute atomic E-state index is 0.0772. The predicted molar refractivity (Wildman–Crippen MR) is 74.6 cm³/mol. The Morgan fingerprint density at radius 2 is 1.71 bits per heavy atom. The number of hydrogen-bond acceptors (Lipinski definition) is 4. The second-order valence-corrected chi connectivity index (χ2v) is 5.66. The van der Waals surface area contributed by atoms with E-state index < -0.39 is 29.5 Å². The van der Waals surface area contributed by atoms with E-state index in [-0.39, 0.29) is 17.7 Å². The van der Waals surface area contributed by atoms with E-state index in [0.29, 0.717) is 17.7 Å². The van der Waals surface area contributed by atoms with Crippen molar-refractivity contribution in [2.24, 2.45) is 0 Å². The molecular formula is C14H14F6O3S. The lowest BCUT2D eigenvalue weighted by Crippen LogP contribution is -2.53. The molecule has 136 valence electrons. The third kappa shape index (κ3) is 3.97. The van der Waals surface area contributed by atoms with Crippen molar-refractivity contribution >= 4 is 17.7 Å². The van der Waals surface area contributed by atoms with Crippen molar-refractivity contribution in [2.45, 2.75) is 35.7 Å². The number of benzene rings is 1. The molecule has 1 N–H and O–H groups in total. The molecule has 0 saturated carbocycles. The maximum Gasteiger partial charge on any atom is 0.430 e. The molecule has 0 radical (unpaired) electrons. The number of thioether (sulfide) groups is 1. The average molecular weight is 376 g/mol. The van der Waals surface area contributed by atoms with Crippen molar-refractivity contribution in [3.8, 4) is 0 Å². The number of ether oxygens (including phenoxy) is 1. The maximum atomic E-state index is 12.9. The molecule has 0 atom stereocenters. The molecule has 0 unspecified atom stereocenters. The van der Waals surface area contributed by atoms with Gasteiger partial charge in [0, 0.05) is 16.9 Å². The summed E-state index contributed by atoms with van der Waals surface area (Å²) < 4.78 is 81.7. The average Bonchev–Trinajstić information content (AvgIpc) is 2.49. The molecule has 0 amide bonds. The van der Waals surface area contributed by atoms with Crippen LogP contribution >= 0.6 is 11.8 Å². The van der Waals surface area contributed by atoms with Crippen molar-refractivity contribution in [1.29, 1.82) is 0 Å². The lowest BCUT2D eigenvalue weighted by molar-refractivity contribution is -0.376. The predicted octanol–water partition coefficient (Wildman–Crippen LogP) is 3.83. The summed E-state index contributed by atoms with van der Waals surface area (Å²) in [7, 11) is 1.16. The smallest absolute Gasteiger partial charge is 0.430 e. The molecule has 0 aliphatic heterocycles. The fourth-order valence-electron chi connectivity index (χ4n) is 2.00. The minimum Gasteiger partial charge on any atom is -0.469 e. The number of halogens is 6. The minimum atomic E-state index is -5.94. The Kier molecular flexibility index (Phi) is 6.20. The van der Waals surface area contributed by atoms with E-state index in [1.54, 1.807) is 0 Å². The zero-order valence-electron chi connectivity index (χ0n) is 12.6. The first-order chi connectivity index (χ1) is 10.9. The Morgan fingerprint density at radius 1 is 1.17 bits per heavy atom. The van der Waals surface area contributed by atoms with Gasteiger partial charge in [-0.25, -0.2) is 0 Å². The summed E-state index contributed by atoms with van der Waals surface area (Å²) in [5.74, 6) is -0.562. The van der Waals surface area contributed by atoms with Crippen molar-refractivity contribution in [2.75, 3.05) is 13.4 Å². The van der Waals surface area contributed by atoms with Crippen LogP contribution in [0.3, 0.4) is 0 Å². The fraction of sp³-hybridized carbons (Fsp3) is 0.500.